The van der Waals surface area contributed by atoms with Crippen molar-refractivity contribution in [3.63, 3.8) is 0 Å². The number of carbonyl (C=O) groups is 2. The molecular formula is C12H14N2O6. The predicted octanol–water partition coefficient (Wildman–Crippen LogP) is 1.20. The number of non-ortho nitro benzene ring substituents is 1. The van der Waals surface area contributed by atoms with Gasteiger partial charge in [0, 0.05) is 12.1 Å². The molecule has 0 radical (unpaired) electrons. The molecule has 0 heterocycles. The quantitative estimate of drug-likeness (QED) is 0.642. The molecule has 0 unspecified atom stereocenters. The highest BCUT2D eigenvalue weighted by atomic mass is 16.7. The minimum absolute atomic E-state index is 0.0762. The minimum Gasteiger partial charge on any atom is -0.484 e. The van der Waals surface area contributed by atoms with Crippen LogP contribution in [-0.4, -0.2) is 23.4 Å². The summed E-state index contributed by atoms with van der Waals surface area (Å²) in [6.07, 6.45) is 0. The van der Waals surface area contributed by atoms with Crippen molar-refractivity contribution in [3.05, 3.63) is 34.4 Å². The normalized spacial score (nSPS) is 9.95. The number of ether oxygens (including phenoxy) is 1. The van der Waals surface area contributed by atoms with Crippen molar-refractivity contribution in [1.29, 1.82) is 0 Å². The number of hydrogen-bond donors (Lipinski definition) is 1. The summed E-state index contributed by atoms with van der Waals surface area (Å²) < 4.78 is 5.07. The van der Waals surface area contributed by atoms with Crippen molar-refractivity contribution in [2.45, 2.75) is 13.8 Å². The highest BCUT2D eigenvalue weighted by Gasteiger charge is 2.11. The lowest BCUT2D eigenvalue weighted by Crippen LogP contribution is -2.32. The first-order valence-corrected chi connectivity index (χ1v) is 5.77. The van der Waals surface area contributed by atoms with Crippen molar-refractivity contribution >= 4 is 17.6 Å². The predicted molar refractivity (Wildman–Crippen MR) is 67.7 cm³/mol. The second-order valence-corrected chi connectivity index (χ2v) is 4.14. The van der Waals surface area contributed by atoms with Gasteiger partial charge in [-0.25, -0.2) is 4.79 Å². The van der Waals surface area contributed by atoms with Crippen LogP contribution in [0.1, 0.15) is 13.8 Å². The summed E-state index contributed by atoms with van der Waals surface area (Å²) in [4.78, 5) is 36.8. The molecule has 0 spiro atoms. The van der Waals surface area contributed by atoms with E-state index in [1.165, 1.54) is 24.3 Å². The molecule has 8 heteroatoms. The van der Waals surface area contributed by atoms with Crippen LogP contribution in [0.2, 0.25) is 0 Å². The number of hydrogen-bond acceptors (Lipinski definition) is 6. The second-order valence-electron chi connectivity index (χ2n) is 4.14. The first kappa shape index (κ1) is 15.4. The molecule has 0 saturated carbocycles. The van der Waals surface area contributed by atoms with Crippen LogP contribution in [0.5, 0.6) is 5.75 Å². The molecule has 1 aromatic rings. The maximum absolute atomic E-state index is 11.3. The highest BCUT2D eigenvalue weighted by molar-refractivity contribution is 5.79. The largest absolute Gasteiger partial charge is 0.484 e. The molecule has 1 rings (SSSR count). The number of nitrogens with one attached hydrogen (secondary N) is 1. The molecule has 0 bridgehead atoms. The summed E-state index contributed by atoms with van der Waals surface area (Å²) in [5, 5.41) is 10.4. The molecule has 1 N–H and O–H groups in total. The van der Waals surface area contributed by atoms with Gasteiger partial charge in [-0.1, -0.05) is 13.8 Å². The zero-order valence-corrected chi connectivity index (χ0v) is 11.0. The van der Waals surface area contributed by atoms with Crippen LogP contribution >= 0.6 is 0 Å². The van der Waals surface area contributed by atoms with Crippen molar-refractivity contribution in [2.24, 2.45) is 5.92 Å². The van der Waals surface area contributed by atoms with Crippen LogP contribution in [0.25, 0.3) is 0 Å². The van der Waals surface area contributed by atoms with E-state index in [0.29, 0.717) is 5.75 Å². The smallest absolute Gasteiger partial charge is 0.334 e. The lowest BCUT2D eigenvalue weighted by molar-refractivity contribution is -0.384. The van der Waals surface area contributed by atoms with Gasteiger partial charge in [-0.15, -0.1) is 0 Å². The van der Waals surface area contributed by atoms with Crippen LogP contribution in [0, 0.1) is 16.0 Å². The Kier molecular flexibility index (Phi) is 5.45. The Balaban J connectivity index is 2.37. The molecule has 8 nitrogen and oxygen atoms in total. The number of rotatable bonds is 5. The topological polar surface area (TPSA) is 108 Å². The molecule has 1 aromatic carbocycles. The molecule has 0 aromatic heterocycles. The molecule has 0 atom stereocenters. The van der Waals surface area contributed by atoms with E-state index in [1.54, 1.807) is 13.8 Å². The van der Waals surface area contributed by atoms with Gasteiger partial charge >= 0.3 is 5.97 Å². The van der Waals surface area contributed by atoms with Gasteiger partial charge in [0.15, 0.2) is 6.61 Å². The van der Waals surface area contributed by atoms with Crippen LogP contribution < -0.4 is 10.2 Å². The molecule has 20 heavy (non-hydrogen) atoms. The lowest BCUT2D eigenvalue weighted by Gasteiger charge is -2.08. The summed E-state index contributed by atoms with van der Waals surface area (Å²) in [6.45, 7) is 2.88. The van der Waals surface area contributed by atoms with Crippen molar-refractivity contribution < 1.29 is 24.1 Å². The molecule has 0 fully saturated rings. The summed E-state index contributed by atoms with van der Waals surface area (Å²) in [7, 11) is 0. The number of benzene rings is 1. The molecular weight excluding hydrogens is 268 g/mol. The Morgan fingerprint density at radius 3 is 2.40 bits per heavy atom. The monoisotopic (exact) mass is 282 g/mol. The maximum Gasteiger partial charge on any atom is 0.334 e. The number of carbonyl (C=O) groups excluding carboxylic acids is 2. The van der Waals surface area contributed by atoms with Crippen LogP contribution in [0.4, 0.5) is 5.69 Å². The number of nitrogens with zero attached hydrogens (tertiary/aromatic N) is 1. The van der Waals surface area contributed by atoms with Gasteiger partial charge in [-0.3, -0.25) is 14.9 Å². The third kappa shape index (κ3) is 4.92. The van der Waals surface area contributed by atoms with E-state index in [-0.39, 0.29) is 18.2 Å². The maximum atomic E-state index is 11.3. The van der Waals surface area contributed by atoms with E-state index in [9.17, 15) is 19.7 Å². The molecule has 0 aliphatic heterocycles. The summed E-state index contributed by atoms with van der Waals surface area (Å²) in [5.41, 5.74) is 1.87. The SMILES string of the molecule is CC(C)C(=O)ONC(=O)COc1ccc([N+](=O)[O-])cc1. The van der Waals surface area contributed by atoms with E-state index in [4.69, 9.17) is 4.74 Å². The van der Waals surface area contributed by atoms with Crippen LogP contribution in [0.15, 0.2) is 24.3 Å². The zero-order chi connectivity index (χ0) is 15.1. The number of nitro groups is 1. The second kappa shape index (κ2) is 7.07. The fourth-order valence-electron chi connectivity index (χ4n) is 1.07. The highest BCUT2D eigenvalue weighted by Crippen LogP contribution is 2.16. The molecule has 1 amide bonds. The van der Waals surface area contributed by atoms with Crippen molar-refractivity contribution in [1.82, 2.24) is 5.48 Å². The molecule has 108 valence electrons. The zero-order valence-electron chi connectivity index (χ0n) is 11.0. The van der Waals surface area contributed by atoms with E-state index < -0.39 is 16.8 Å². The van der Waals surface area contributed by atoms with Gasteiger partial charge in [0.1, 0.15) is 5.75 Å². The lowest BCUT2D eigenvalue weighted by atomic mass is 10.2. The van der Waals surface area contributed by atoms with Gasteiger partial charge in [0.2, 0.25) is 0 Å². The van der Waals surface area contributed by atoms with Crippen molar-refractivity contribution in [2.75, 3.05) is 6.61 Å². The molecule has 0 saturated heterocycles. The third-order valence-corrected chi connectivity index (χ3v) is 2.15. The van der Waals surface area contributed by atoms with E-state index in [2.05, 4.69) is 4.84 Å². The summed E-state index contributed by atoms with van der Waals surface area (Å²) in [5.74, 6) is -1.27. The van der Waals surface area contributed by atoms with E-state index in [1.807, 2.05) is 5.48 Å². The number of nitro benzene ring substituents is 1. The first-order chi connectivity index (χ1) is 9.40. The van der Waals surface area contributed by atoms with Gasteiger partial charge in [0.05, 0.1) is 10.8 Å². The Labute approximate surface area is 114 Å². The summed E-state index contributed by atoms with van der Waals surface area (Å²) in [6, 6.07) is 5.25. The fourth-order valence-corrected chi connectivity index (χ4v) is 1.07. The average Bonchev–Trinajstić information content (AvgIpc) is 2.42. The Bertz CT molecular complexity index is 497. The van der Waals surface area contributed by atoms with E-state index in [0.717, 1.165) is 0 Å². The fraction of sp³-hybridized carbons (Fsp3) is 0.333. The van der Waals surface area contributed by atoms with E-state index >= 15 is 0 Å². The van der Waals surface area contributed by atoms with Gasteiger partial charge < -0.3 is 9.57 Å². The number of hydroxylamine groups is 1. The van der Waals surface area contributed by atoms with Gasteiger partial charge in [-0.2, -0.15) is 5.48 Å². The number of amides is 1. The van der Waals surface area contributed by atoms with Crippen LogP contribution in [0.3, 0.4) is 0 Å². The minimum atomic E-state index is -0.641. The Hall–Kier alpha value is -2.64. The Morgan fingerprint density at radius 1 is 1.30 bits per heavy atom. The molecule has 0 aliphatic carbocycles. The van der Waals surface area contributed by atoms with Gasteiger partial charge in [0.25, 0.3) is 11.6 Å². The molecule has 0 aliphatic rings. The first-order valence-electron chi connectivity index (χ1n) is 5.77. The van der Waals surface area contributed by atoms with Crippen LogP contribution in [-0.2, 0) is 14.4 Å². The average molecular weight is 282 g/mol. The van der Waals surface area contributed by atoms with Crippen molar-refractivity contribution in [3.8, 4) is 5.75 Å². The standard InChI is InChI=1S/C12H14N2O6/c1-8(2)12(16)20-13-11(15)7-19-10-5-3-9(4-6-10)14(17)18/h3-6,8H,7H2,1-2H3,(H,13,15). The third-order valence-electron chi connectivity index (χ3n) is 2.15. The summed E-state index contributed by atoms with van der Waals surface area (Å²) >= 11 is 0. The Morgan fingerprint density at radius 2 is 1.90 bits per heavy atom. The van der Waals surface area contributed by atoms with Gasteiger partial charge in [-0.05, 0) is 12.1 Å².